The summed E-state index contributed by atoms with van der Waals surface area (Å²) >= 11 is 1.57. The van der Waals surface area contributed by atoms with Crippen LogP contribution in [0.25, 0.3) is 10.9 Å². The largest absolute Gasteiger partial charge is 0.352 e. The second-order valence-electron chi connectivity index (χ2n) is 6.06. The molecule has 22 heavy (non-hydrogen) atoms. The molecule has 1 aromatic carbocycles. The molecule has 1 fully saturated rings. The molecule has 1 aromatic heterocycles. The number of nitrogens with one attached hydrogen (secondary N) is 1. The standard InChI is InChI=1S/C18H22N2OS/c1-13-6-2-3-9-15(13)20-17(21)12-22-16-10-4-7-14-8-5-11-19-18(14)16/h4-5,7-8,10-11,13,15H,2-3,6,9,12H2,1H3,(H,20,21)/t13-,15+/m0/s1. The molecule has 0 saturated heterocycles. The third kappa shape index (κ3) is 3.61. The summed E-state index contributed by atoms with van der Waals surface area (Å²) in [5, 5.41) is 4.33. The molecule has 1 N–H and O–H groups in total. The maximum Gasteiger partial charge on any atom is 0.230 e. The van der Waals surface area contributed by atoms with E-state index < -0.39 is 0 Å². The van der Waals surface area contributed by atoms with Gasteiger partial charge in [-0.25, -0.2) is 0 Å². The number of carbonyl (C=O) groups excluding carboxylic acids is 1. The van der Waals surface area contributed by atoms with Crippen LogP contribution in [0.3, 0.4) is 0 Å². The van der Waals surface area contributed by atoms with Crippen LogP contribution in [-0.2, 0) is 4.79 Å². The quantitative estimate of drug-likeness (QED) is 0.867. The molecule has 4 heteroatoms. The molecule has 0 bridgehead atoms. The van der Waals surface area contributed by atoms with Crippen molar-refractivity contribution in [3.8, 4) is 0 Å². The number of thioether (sulfide) groups is 1. The Kier molecular flexibility index (Phi) is 4.98. The first kappa shape index (κ1) is 15.3. The van der Waals surface area contributed by atoms with E-state index in [1.807, 2.05) is 18.2 Å². The fraction of sp³-hybridized carbons (Fsp3) is 0.444. The first-order chi connectivity index (χ1) is 10.7. The Morgan fingerprint density at radius 2 is 2.09 bits per heavy atom. The lowest BCUT2D eigenvalue weighted by molar-refractivity contribution is -0.119. The molecule has 0 aliphatic heterocycles. The van der Waals surface area contributed by atoms with Gasteiger partial charge in [-0.3, -0.25) is 9.78 Å². The van der Waals surface area contributed by atoms with E-state index in [0.29, 0.717) is 17.7 Å². The molecule has 1 amide bonds. The van der Waals surface area contributed by atoms with Crippen molar-refractivity contribution in [1.82, 2.24) is 10.3 Å². The molecule has 2 atom stereocenters. The van der Waals surface area contributed by atoms with E-state index in [4.69, 9.17) is 0 Å². The molecule has 1 aliphatic rings. The van der Waals surface area contributed by atoms with Crippen molar-refractivity contribution in [2.75, 3.05) is 5.75 Å². The van der Waals surface area contributed by atoms with Gasteiger partial charge in [0.05, 0.1) is 11.3 Å². The number of amides is 1. The Bertz CT molecular complexity index is 653. The Labute approximate surface area is 135 Å². The van der Waals surface area contributed by atoms with Crippen LogP contribution >= 0.6 is 11.8 Å². The maximum atomic E-state index is 12.2. The monoisotopic (exact) mass is 314 g/mol. The molecule has 3 nitrogen and oxygen atoms in total. The number of nitrogens with zero attached hydrogens (tertiary/aromatic N) is 1. The number of rotatable bonds is 4. The second-order valence-corrected chi connectivity index (χ2v) is 7.07. The molecule has 1 heterocycles. The fourth-order valence-corrected chi connectivity index (χ4v) is 3.97. The SMILES string of the molecule is C[C@H]1CCCC[C@H]1NC(=O)CSc1cccc2cccnc12. The highest BCUT2D eigenvalue weighted by molar-refractivity contribution is 8.00. The summed E-state index contributed by atoms with van der Waals surface area (Å²) in [6, 6.07) is 10.5. The van der Waals surface area contributed by atoms with Gasteiger partial charge in [0.25, 0.3) is 0 Å². The maximum absolute atomic E-state index is 12.2. The number of pyridine rings is 1. The van der Waals surface area contributed by atoms with E-state index in [0.717, 1.165) is 22.2 Å². The molecule has 0 unspecified atom stereocenters. The molecule has 116 valence electrons. The number of aromatic nitrogens is 1. The Hall–Kier alpha value is -1.55. The van der Waals surface area contributed by atoms with Crippen LogP contribution in [-0.4, -0.2) is 22.7 Å². The van der Waals surface area contributed by atoms with E-state index in [2.05, 4.69) is 29.4 Å². The van der Waals surface area contributed by atoms with Crippen LogP contribution in [0.2, 0.25) is 0 Å². The van der Waals surface area contributed by atoms with Gasteiger partial charge in [-0.2, -0.15) is 0 Å². The highest BCUT2D eigenvalue weighted by atomic mass is 32.2. The van der Waals surface area contributed by atoms with Gasteiger partial charge in [-0.1, -0.05) is 38.0 Å². The molecule has 1 aliphatic carbocycles. The van der Waals surface area contributed by atoms with Gasteiger partial charge in [0, 0.05) is 22.5 Å². The zero-order chi connectivity index (χ0) is 15.4. The third-order valence-electron chi connectivity index (χ3n) is 4.41. The highest BCUT2D eigenvalue weighted by Gasteiger charge is 2.22. The van der Waals surface area contributed by atoms with E-state index in [-0.39, 0.29) is 5.91 Å². The van der Waals surface area contributed by atoms with Crippen molar-refractivity contribution in [3.05, 3.63) is 36.5 Å². The number of hydrogen-bond donors (Lipinski definition) is 1. The average molecular weight is 314 g/mol. The first-order valence-electron chi connectivity index (χ1n) is 8.00. The Morgan fingerprint density at radius 3 is 2.95 bits per heavy atom. The molecular weight excluding hydrogens is 292 g/mol. The van der Waals surface area contributed by atoms with Crippen molar-refractivity contribution >= 4 is 28.6 Å². The number of hydrogen-bond acceptors (Lipinski definition) is 3. The van der Waals surface area contributed by atoms with Crippen molar-refractivity contribution in [1.29, 1.82) is 0 Å². The first-order valence-corrected chi connectivity index (χ1v) is 8.98. The average Bonchev–Trinajstić information content (AvgIpc) is 2.55. The minimum atomic E-state index is 0.136. The lowest BCUT2D eigenvalue weighted by atomic mass is 9.86. The van der Waals surface area contributed by atoms with E-state index in [9.17, 15) is 4.79 Å². The number of benzene rings is 1. The Morgan fingerprint density at radius 1 is 1.27 bits per heavy atom. The third-order valence-corrected chi connectivity index (χ3v) is 5.46. The number of carbonyl (C=O) groups is 1. The normalized spacial score (nSPS) is 21.7. The van der Waals surface area contributed by atoms with Crippen LogP contribution in [0.15, 0.2) is 41.4 Å². The fourth-order valence-electron chi connectivity index (χ4n) is 3.12. The Balaban J connectivity index is 1.60. The minimum absolute atomic E-state index is 0.136. The summed E-state index contributed by atoms with van der Waals surface area (Å²) in [4.78, 5) is 17.7. The summed E-state index contributed by atoms with van der Waals surface area (Å²) in [7, 11) is 0. The van der Waals surface area contributed by atoms with Crippen molar-refractivity contribution in [2.24, 2.45) is 5.92 Å². The molecular formula is C18H22N2OS. The van der Waals surface area contributed by atoms with Crippen molar-refractivity contribution in [3.63, 3.8) is 0 Å². The van der Waals surface area contributed by atoms with Crippen LogP contribution < -0.4 is 5.32 Å². The van der Waals surface area contributed by atoms with Gasteiger partial charge in [-0.15, -0.1) is 11.8 Å². The van der Waals surface area contributed by atoms with Crippen LogP contribution in [0.4, 0.5) is 0 Å². The number of para-hydroxylation sites is 1. The van der Waals surface area contributed by atoms with Crippen LogP contribution in [0, 0.1) is 5.92 Å². The highest BCUT2D eigenvalue weighted by Crippen LogP contribution is 2.27. The van der Waals surface area contributed by atoms with Gasteiger partial charge in [0.15, 0.2) is 0 Å². The van der Waals surface area contributed by atoms with Gasteiger partial charge in [0.1, 0.15) is 0 Å². The van der Waals surface area contributed by atoms with Crippen molar-refractivity contribution in [2.45, 2.75) is 43.5 Å². The van der Waals surface area contributed by atoms with Crippen LogP contribution in [0.1, 0.15) is 32.6 Å². The predicted octanol–water partition coefficient (Wildman–Crippen LogP) is 4.02. The van der Waals surface area contributed by atoms with E-state index >= 15 is 0 Å². The zero-order valence-electron chi connectivity index (χ0n) is 12.9. The molecule has 3 rings (SSSR count). The van der Waals surface area contributed by atoms with Crippen molar-refractivity contribution < 1.29 is 4.79 Å². The van der Waals surface area contributed by atoms with Gasteiger partial charge in [0.2, 0.25) is 5.91 Å². The van der Waals surface area contributed by atoms with E-state index in [1.165, 1.54) is 19.3 Å². The topological polar surface area (TPSA) is 42.0 Å². The predicted molar refractivity (Wildman–Crippen MR) is 92.0 cm³/mol. The summed E-state index contributed by atoms with van der Waals surface area (Å²) in [5.74, 6) is 1.19. The zero-order valence-corrected chi connectivity index (χ0v) is 13.7. The van der Waals surface area contributed by atoms with Crippen LogP contribution in [0.5, 0.6) is 0 Å². The second kappa shape index (κ2) is 7.14. The lowest BCUT2D eigenvalue weighted by Crippen LogP contribution is -2.41. The summed E-state index contributed by atoms with van der Waals surface area (Å²) in [6.07, 6.45) is 6.68. The summed E-state index contributed by atoms with van der Waals surface area (Å²) < 4.78 is 0. The molecule has 0 radical (unpaired) electrons. The summed E-state index contributed by atoms with van der Waals surface area (Å²) in [5.41, 5.74) is 0.980. The molecule has 1 saturated carbocycles. The summed E-state index contributed by atoms with van der Waals surface area (Å²) in [6.45, 7) is 2.24. The number of fused-ring (bicyclic) bond motifs is 1. The smallest absolute Gasteiger partial charge is 0.230 e. The van der Waals surface area contributed by atoms with Gasteiger partial charge < -0.3 is 5.32 Å². The van der Waals surface area contributed by atoms with Gasteiger partial charge in [-0.05, 0) is 30.9 Å². The van der Waals surface area contributed by atoms with Gasteiger partial charge >= 0.3 is 0 Å². The molecule has 2 aromatic rings. The molecule has 0 spiro atoms. The van der Waals surface area contributed by atoms with E-state index in [1.54, 1.807) is 18.0 Å². The lowest BCUT2D eigenvalue weighted by Gasteiger charge is -2.29. The minimum Gasteiger partial charge on any atom is -0.352 e.